The van der Waals surface area contributed by atoms with Crippen LogP contribution < -0.4 is 0 Å². The first-order valence-corrected chi connectivity index (χ1v) is 13.5. The maximum Gasteiger partial charge on any atom is 0.328 e. The van der Waals surface area contributed by atoms with E-state index in [1.54, 1.807) is 22.1 Å². The molecule has 2 heterocycles. The molecular formula is C31H30N2O3S. The summed E-state index contributed by atoms with van der Waals surface area (Å²) in [6.07, 6.45) is 10.2. The number of hydrogen-bond donors (Lipinski definition) is 2. The first-order valence-electron chi connectivity index (χ1n) is 12.6. The van der Waals surface area contributed by atoms with E-state index in [1.807, 2.05) is 24.5 Å². The number of carboxylic acid groups (broad SMARTS) is 1. The second-order valence-electron chi connectivity index (χ2n) is 9.47. The standard InChI is InChI=1S/C31H30N2O3S/c1-21-19-37-20-28(21)31(24-3-2-4-24)30(25-8-5-22(6-9-25)7-14-29(35)36)26-12-10-23(11-13-26)27-17-32-33(18-27)15-16-34/h5-14,17-20,24,34H,2-4,15-16H2,1H3,(H,35,36)/b14-7+,31-30+. The number of rotatable bonds is 9. The Balaban J connectivity index is 1.61. The summed E-state index contributed by atoms with van der Waals surface area (Å²) < 4.78 is 1.75. The zero-order valence-corrected chi connectivity index (χ0v) is 21.6. The van der Waals surface area contributed by atoms with Crippen molar-refractivity contribution in [3.63, 3.8) is 0 Å². The van der Waals surface area contributed by atoms with Crippen LogP contribution in [0, 0.1) is 12.8 Å². The molecule has 4 aromatic rings. The van der Waals surface area contributed by atoms with Crippen molar-refractivity contribution in [1.29, 1.82) is 0 Å². The average molecular weight is 511 g/mol. The predicted octanol–water partition coefficient (Wildman–Crippen LogP) is 6.77. The number of aliphatic hydroxyl groups excluding tert-OH is 1. The van der Waals surface area contributed by atoms with Gasteiger partial charge < -0.3 is 10.2 Å². The van der Waals surface area contributed by atoms with Gasteiger partial charge in [-0.05, 0) is 87.0 Å². The predicted molar refractivity (Wildman–Crippen MR) is 150 cm³/mol. The van der Waals surface area contributed by atoms with E-state index in [-0.39, 0.29) is 6.61 Å². The Bertz CT molecular complexity index is 1440. The molecule has 1 aliphatic rings. The number of thiophene rings is 1. The van der Waals surface area contributed by atoms with Gasteiger partial charge in [0.2, 0.25) is 0 Å². The Morgan fingerprint density at radius 1 is 1.05 bits per heavy atom. The monoisotopic (exact) mass is 510 g/mol. The summed E-state index contributed by atoms with van der Waals surface area (Å²) in [5.74, 6) is -0.432. The molecule has 2 N–H and O–H groups in total. The highest BCUT2D eigenvalue weighted by atomic mass is 32.1. The molecule has 0 atom stereocenters. The molecule has 1 fully saturated rings. The second-order valence-corrected chi connectivity index (χ2v) is 10.2. The van der Waals surface area contributed by atoms with E-state index in [0.717, 1.165) is 27.8 Å². The van der Waals surface area contributed by atoms with Crippen molar-refractivity contribution < 1.29 is 15.0 Å². The van der Waals surface area contributed by atoms with E-state index in [9.17, 15) is 9.90 Å². The quantitative estimate of drug-likeness (QED) is 0.244. The molecule has 0 aliphatic heterocycles. The lowest BCUT2D eigenvalue weighted by molar-refractivity contribution is -0.131. The van der Waals surface area contributed by atoms with Crippen LogP contribution in [0.1, 0.15) is 47.1 Å². The number of aryl methyl sites for hydroxylation is 1. The van der Waals surface area contributed by atoms with E-state index in [0.29, 0.717) is 12.5 Å². The molecule has 0 amide bonds. The maximum atomic E-state index is 11.0. The van der Waals surface area contributed by atoms with Gasteiger partial charge in [0.1, 0.15) is 0 Å². The van der Waals surface area contributed by atoms with E-state index < -0.39 is 5.97 Å². The first-order chi connectivity index (χ1) is 18.0. The van der Waals surface area contributed by atoms with Gasteiger partial charge >= 0.3 is 5.97 Å². The molecule has 6 heteroatoms. The Labute approximate surface area is 221 Å². The van der Waals surface area contributed by atoms with Gasteiger partial charge in [0, 0.05) is 17.8 Å². The average Bonchev–Trinajstić information content (AvgIpc) is 3.51. The number of allylic oxidation sites excluding steroid dienone is 1. The normalized spacial score (nSPS) is 14.5. The highest BCUT2D eigenvalue weighted by Gasteiger charge is 2.28. The van der Waals surface area contributed by atoms with Gasteiger partial charge in [0.05, 0.1) is 19.3 Å². The number of benzene rings is 2. The van der Waals surface area contributed by atoms with Crippen LogP contribution in [-0.2, 0) is 11.3 Å². The van der Waals surface area contributed by atoms with Crippen LogP contribution in [0.5, 0.6) is 0 Å². The summed E-state index contributed by atoms with van der Waals surface area (Å²) in [6.45, 7) is 2.73. The minimum absolute atomic E-state index is 0.0606. The molecule has 0 saturated heterocycles. The van der Waals surface area contributed by atoms with Crippen LogP contribution in [0.4, 0.5) is 0 Å². The fourth-order valence-electron chi connectivity index (χ4n) is 4.86. The molecule has 5 nitrogen and oxygen atoms in total. The molecule has 2 aromatic heterocycles. The smallest absolute Gasteiger partial charge is 0.328 e. The Kier molecular flexibility index (Phi) is 7.49. The summed E-state index contributed by atoms with van der Waals surface area (Å²) >= 11 is 1.75. The van der Waals surface area contributed by atoms with E-state index >= 15 is 0 Å². The van der Waals surface area contributed by atoms with Gasteiger partial charge in [-0.25, -0.2) is 4.79 Å². The van der Waals surface area contributed by atoms with Crippen molar-refractivity contribution in [2.75, 3.05) is 6.61 Å². The first kappa shape index (κ1) is 24.9. The van der Waals surface area contributed by atoms with Crippen molar-refractivity contribution in [2.45, 2.75) is 32.7 Å². The molecule has 2 aromatic carbocycles. The van der Waals surface area contributed by atoms with Crippen LogP contribution in [0.15, 0.2) is 77.8 Å². The highest BCUT2D eigenvalue weighted by Crippen LogP contribution is 2.46. The van der Waals surface area contributed by atoms with Crippen molar-refractivity contribution in [1.82, 2.24) is 9.78 Å². The van der Waals surface area contributed by atoms with Crippen LogP contribution in [0.25, 0.3) is 28.3 Å². The van der Waals surface area contributed by atoms with Gasteiger partial charge in [-0.2, -0.15) is 16.4 Å². The third-order valence-electron chi connectivity index (χ3n) is 7.02. The van der Waals surface area contributed by atoms with Crippen LogP contribution >= 0.6 is 11.3 Å². The third-order valence-corrected chi connectivity index (χ3v) is 7.88. The SMILES string of the molecule is Cc1cscc1/C(=C(\c1ccc(/C=C/C(=O)O)cc1)c1ccc(-c2cnn(CCO)c2)cc1)C1CCC1. The maximum absolute atomic E-state index is 11.0. The minimum Gasteiger partial charge on any atom is -0.478 e. The molecule has 188 valence electrons. The number of nitrogens with zero attached hydrogens (tertiary/aromatic N) is 2. The van der Waals surface area contributed by atoms with Crippen LogP contribution in [0.2, 0.25) is 0 Å². The Morgan fingerprint density at radius 3 is 2.32 bits per heavy atom. The minimum atomic E-state index is -0.952. The number of aliphatic hydroxyl groups is 1. The summed E-state index contributed by atoms with van der Waals surface area (Å²) in [6, 6.07) is 16.8. The molecule has 0 radical (unpaired) electrons. The zero-order chi connectivity index (χ0) is 25.8. The third kappa shape index (κ3) is 5.50. The van der Waals surface area contributed by atoms with Crippen molar-refractivity contribution in [3.8, 4) is 11.1 Å². The van der Waals surface area contributed by atoms with E-state index in [2.05, 4.69) is 59.2 Å². The fourth-order valence-corrected chi connectivity index (χ4v) is 5.71. The Morgan fingerprint density at radius 2 is 1.76 bits per heavy atom. The summed E-state index contributed by atoms with van der Waals surface area (Å²) in [5, 5.41) is 27.0. The topological polar surface area (TPSA) is 75.3 Å². The fraction of sp³-hybridized carbons (Fsp3) is 0.226. The highest BCUT2D eigenvalue weighted by molar-refractivity contribution is 7.08. The lowest BCUT2D eigenvalue weighted by atomic mass is 9.73. The zero-order valence-electron chi connectivity index (χ0n) is 20.8. The van der Waals surface area contributed by atoms with Crippen LogP contribution in [0.3, 0.4) is 0 Å². The van der Waals surface area contributed by atoms with Gasteiger partial charge in [0.25, 0.3) is 0 Å². The number of hydrogen-bond acceptors (Lipinski definition) is 4. The van der Waals surface area contributed by atoms with Crippen molar-refractivity contribution in [3.05, 3.63) is 106 Å². The summed E-state index contributed by atoms with van der Waals surface area (Å²) in [4.78, 5) is 11.0. The summed E-state index contributed by atoms with van der Waals surface area (Å²) in [5.41, 5.74) is 10.5. The molecular weight excluding hydrogens is 480 g/mol. The Hall–Kier alpha value is -3.74. The molecule has 0 bridgehead atoms. The molecule has 1 saturated carbocycles. The van der Waals surface area contributed by atoms with Gasteiger partial charge in [0.15, 0.2) is 0 Å². The lowest BCUT2D eigenvalue weighted by Crippen LogP contribution is -2.15. The number of aliphatic carboxylic acids is 1. The van der Waals surface area contributed by atoms with Crippen molar-refractivity contribution >= 4 is 34.5 Å². The number of carbonyl (C=O) groups is 1. The van der Waals surface area contributed by atoms with Gasteiger partial charge in [-0.1, -0.05) is 55.0 Å². The molecule has 1 aliphatic carbocycles. The van der Waals surface area contributed by atoms with Gasteiger partial charge in [-0.3, -0.25) is 4.68 Å². The largest absolute Gasteiger partial charge is 0.478 e. The molecule has 37 heavy (non-hydrogen) atoms. The van der Waals surface area contributed by atoms with Crippen LogP contribution in [-0.4, -0.2) is 32.6 Å². The lowest BCUT2D eigenvalue weighted by Gasteiger charge is -2.31. The second kappa shape index (κ2) is 11.1. The number of aromatic nitrogens is 2. The van der Waals surface area contributed by atoms with Gasteiger partial charge in [-0.15, -0.1) is 0 Å². The number of carboxylic acids is 1. The van der Waals surface area contributed by atoms with E-state index in [4.69, 9.17) is 5.11 Å². The summed E-state index contributed by atoms with van der Waals surface area (Å²) in [7, 11) is 0. The van der Waals surface area contributed by atoms with E-state index in [1.165, 1.54) is 47.6 Å². The molecule has 0 spiro atoms. The molecule has 5 rings (SSSR count). The van der Waals surface area contributed by atoms with Crippen molar-refractivity contribution in [2.24, 2.45) is 5.92 Å². The molecule has 0 unspecified atom stereocenters.